The summed E-state index contributed by atoms with van der Waals surface area (Å²) in [6.45, 7) is 1.84. The summed E-state index contributed by atoms with van der Waals surface area (Å²) in [5, 5.41) is 0. The van der Waals surface area contributed by atoms with Gasteiger partial charge in [0.25, 0.3) is 0 Å². The Hall–Kier alpha value is -1.35. The number of nitrogens with two attached hydrogens (primary N) is 1. The fourth-order valence-electron chi connectivity index (χ4n) is 1.19. The highest BCUT2D eigenvalue weighted by Gasteiger charge is 2.12. The van der Waals surface area contributed by atoms with Crippen LogP contribution in [0.2, 0.25) is 0 Å². The van der Waals surface area contributed by atoms with Gasteiger partial charge in [-0.15, -0.1) is 0 Å². The van der Waals surface area contributed by atoms with E-state index in [1.54, 1.807) is 12.1 Å². The van der Waals surface area contributed by atoms with Crippen molar-refractivity contribution in [3.63, 3.8) is 0 Å². The van der Waals surface area contributed by atoms with E-state index in [2.05, 4.69) is 4.74 Å². The quantitative estimate of drug-likeness (QED) is 0.700. The number of hydrogen-bond donors (Lipinski definition) is 1. The Labute approximate surface area is 77.5 Å². The lowest BCUT2D eigenvalue weighted by Gasteiger charge is -2.09. The summed E-state index contributed by atoms with van der Waals surface area (Å²) >= 11 is 0. The molecule has 0 aliphatic carbocycles. The lowest BCUT2D eigenvalue weighted by molar-refractivity contribution is 0.0599. The van der Waals surface area contributed by atoms with Gasteiger partial charge in [0.2, 0.25) is 0 Å². The summed E-state index contributed by atoms with van der Waals surface area (Å²) in [5.41, 5.74) is 7.06. The molecule has 0 radical (unpaired) electrons. The number of hydrogen-bond acceptors (Lipinski definition) is 3. The van der Waals surface area contributed by atoms with Crippen LogP contribution in [-0.4, -0.2) is 13.1 Å². The van der Waals surface area contributed by atoms with E-state index in [0.717, 1.165) is 5.56 Å². The molecule has 70 valence electrons. The van der Waals surface area contributed by atoms with Crippen molar-refractivity contribution < 1.29 is 9.53 Å². The Morgan fingerprint density at radius 2 is 2.08 bits per heavy atom. The largest absolute Gasteiger partial charge is 0.465 e. The molecule has 13 heavy (non-hydrogen) atoms. The molecule has 0 bridgehead atoms. The van der Waals surface area contributed by atoms with Gasteiger partial charge in [0.05, 0.1) is 12.7 Å². The topological polar surface area (TPSA) is 52.3 Å². The van der Waals surface area contributed by atoms with Crippen LogP contribution in [0.3, 0.4) is 0 Å². The summed E-state index contributed by atoms with van der Waals surface area (Å²) in [4.78, 5) is 11.3. The fourth-order valence-corrected chi connectivity index (χ4v) is 1.19. The molecule has 1 unspecified atom stereocenters. The number of methoxy groups -OCH3 is 1. The maximum atomic E-state index is 11.3. The first-order valence-corrected chi connectivity index (χ1v) is 4.09. The smallest absolute Gasteiger partial charge is 0.338 e. The van der Waals surface area contributed by atoms with Gasteiger partial charge in [0, 0.05) is 6.04 Å². The Bertz CT molecular complexity index is 308. The second-order valence-electron chi connectivity index (χ2n) is 2.87. The second kappa shape index (κ2) is 4.05. The highest BCUT2D eigenvalue weighted by Crippen LogP contribution is 2.15. The summed E-state index contributed by atoms with van der Waals surface area (Å²) in [6, 6.07) is 7.03. The minimum absolute atomic E-state index is 0.157. The normalized spacial score (nSPS) is 12.2. The van der Waals surface area contributed by atoms with Crippen molar-refractivity contribution >= 4 is 5.97 Å². The van der Waals surface area contributed by atoms with Crippen molar-refractivity contribution in [3.8, 4) is 0 Å². The molecular formula is C10H13NO2. The van der Waals surface area contributed by atoms with Crippen LogP contribution in [0.5, 0.6) is 0 Å². The minimum atomic E-state index is -0.340. The summed E-state index contributed by atoms with van der Waals surface area (Å²) in [6.07, 6.45) is 0. The summed E-state index contributed by atoms with van der Waals surface area (Å²) in [5.74, 6) is -0.340. The van der Waals surface area contributed by atoms with Crippen LogP contribution in [0.25, 0.3) is 0 Å². The third-order valence-corrected chi connectivity index (χ3v) is 1.86. The van der Waals surface area contributed by atoms with Crippen LogP contribution in [-0.2, 0) is 4.74 Å². The Morgan fingerprint density at radius 1 is 1.46 bits per heavy atom. The highest BCUT2D eigenvalue weighted by molar-refractivity contribution is 5.91. The molecule has 0 heterocycles. The molecule has 0 aliphatic rings. The predicted molar refractivity (Wildman–Crippen MR) is 50.4 cm³/mol. The molecule has 2 N–H and O–H groups in total. The van der Waals surface area contributed by atoms with E-state index in [1.165, 1.54) is 7.11 Å². The van der Waals surface area contributed by atoms with Crippen molar-refractivity contribution in [3.05, 3.63) is 35.4 Å². The molecule has 3 heteroatoms. The van der Waals surface area contributed by atoms with Crippen LogP contribution in [0.15, 0.2) is 24.3 Å². The first-order chi connectivity index (χ1) is 6.16. The van der Waals surface area contributed by atoms with Crippen molar-refractivity contribution in [1.29, 1.82) is 0 Å². The highest BCUT2D eigenvalue weighted by atomic mass is 16.5. The Morgan fingerprint density at radius 3 is 2.62 bits per heavy atom. The number of ether oxygens (including phenoxy) is 1. The van der Waals surface area contributed by atoms with Gasteiger partial charge >= 0.3 is 5.97 Å². The van der Waals surface area contributed by atoms with E-state index < -0.39 is 0 Å². The van der Waals surface area contributed by atoms with Crippen LogP contribution in [0.1, 0.15) is 28.9 Å². The van der Waals surface area contributed by atoms with Crippen LogP contribution in [0.4, 0.5) is 0 Å². The number of benzene rings is 1. The fraction of sp³-hybridized carbons (Fsp3) is 0.300. The molecule has 0 amide bonds. The van der Waals surface area contributed by atoms with Gasteiger partial charge in [-0.2, -0.15) is 0 Å². The van der Waals surface area contributed by atoms with Gasteiger partial charge in [-0.25, -0.2) is 4.79 Å². The van der Waals surface area contributed by atoms with Crippen molar-refractivity contribution in [2.45, 2.75) is 13.0 Å². The molecule has 3 nitrogen and oxygen atoms in total. The van der Waals surface area contributed by atoms with Crippen LogP contribution in [0, 0.1) is 0 Å². The second-order valence-corrected chi connectivity index (χ2v) is 2.87. The van der Waals surface area contributed by atoms with Crippen molar-refractivity contribution in [2.24, 2.45) is 5.73 Å². The van der Waals surface area contributed by atoms with Gasteiger partial charge in [0.1, 0.15) is 0 Å². The molecule has 0 aromatic heterocycles. The van der Waals surface area contributed by atoms with E-state index in [1.807, 2.05) is 19.1 Å². The van der Waals surface area contributed by atoms with Crippen molar-refractivity contribution in [1.82, 2.24) is 0 Å². The average Bonchev–Trinajstić information content (AvgIpc) is 2.16. The molecule has 0 spiro atoms. The van der Waals surface area contributed by atoms with Crippen molar-refractivity contribution in [2.75, 3.05) is 7.11 Å². The molecule has 0 fully saturated rings. The van der Waals surface area contributed by atoms with Gasteiger partial charge in [0.15, 0.2) is 0 Å². The number of rotatable bonds is 2. The molecule has 1 atom stereocenters. The molecule has 1 aromatic carbocycles. The van der Waals surface area contributed by atoms with E-state index in [4.69, 9.17) is 5.73 Å². The molecule has 1 rings (SSSR count). The summed E-state index contributed by atoms with van der Waals surface area (Å²) in [7, 11) is 1.36. The van der Waals surface area contributed by atoms with Gasteiger partial charge in [-0.3, -0.25) is 0 Å². The third kappa shape index (κ3) is 2.06. The SMILES string of the molecule is COC(=O)c1ccccc1C(C)N. The number of carbonyl (C=O) groups excluding carboxylic acids is 1. The van der Waals surface area contributed by atoms with Gasteiger partial charge < -0.3 is 10.5 Å². The maximum absolute atomic E-state index is 11.3. The maximum Gasteiger partial charge on any atom is 0.338 e. The molecule has 1 aromatic rings. The number of esters is 1. The van der Waals surface area contributed by atoms with Crippen LogP contribution >= 0.6 is 0 Å². The zero-order valence-corrected chi connectivity index (χ0v) is 7.78. The van der Waals surface area contributed by atoms with Crippen LogP contribution < -0.4 is 5.73 Å². The average molecular weight is 179 g/mol. The zero-order valence-electron chi connectivity index (χ0n) is 7.78. The molecule has 0 saturated heterocycles. The van der Waals surface area contributed by atoms with Gasteiger partial charge in [-0.05, 0) is 18.6 Å². The monoisotopic (exact) mass is 179 g/mol. The lowest BCUT2D eigenvalue weighted by atomic mass is 10.0. The summed E-state index contributed by atoms with van der Waals surface area (Å²) < 4.78 is 4.63. The molecule has 0 aliphatic heterocycles. The molecular weight excluding hydrogens is 166 g/mol. The third-order valence-electron chi connectivity index (χ3n) is 1.86. The predicted octanol–water partition coefficient (Wildman–Crippen LogP) is 1.49. The van der Waals surface area contributed by atoms with Gasteiger partial charge in [-0.1, -0.05) is 18.2 Å². The first kappa shape index (κ1) is 9.74. The van der Waals surface area contributed by atoms with E-state index in [9.17, 15) is 4.79 Å². The number of carbonyl (C=O) groups is 1. The Balaban J connectivity index is 3.12. The standard InChI is InChI=1S/C10H13NO2/c1-7(11)8-5-3-4-6-9(8)10(12)13-2/h3-7H,11H2,1-2H3. The zero-order chi connectivity index (χ0) is 9.84. The van der Waals surface area contributed by atoms with E-state index in [-0.39, 0.29) is 12.0 Å². The van der Waals surface area contributed by atoms with E-state index >= 15 is 0 Å². The first-order valence-electron chi connectivity index (χ1n) is 4.09. The lowest BCUT2D eigenvalue weighted by Crippen LogP contribution is -2.12. The molecule has 0 saturated carbocycles. The van der Waals surface area contributed by atoms with E-state index in [0.29, 0.717) is 5.56 Å². The minimum Gasteiger partial charge on any atom is -0.465 e. The Kier molecular flexibility index (Phi) is 3.03.